The van der Waals surface area contributed by atoms with E-state index in [1.54, 1.807) is 12.1 Å². The number of urea groups is 1. The van der Waals surface area contributed by atoms with E-state index in [2.05, 4.69) is 10.6 Å². The number of Topliss-reactive ketones (excluding diaryl/α,β-unsaturated/α-hetero) is 1. The minimum absolute atomic E-state index is 0.0312. The first-order valence-electron chi connectivity index (χ1n) is 9.79. The van der Waals surface area contributed by atoms with Crippen molar-refractivity contribution in [3.8, 4) is 0 Å². The number of benzene rings is 2. The van der Waals surface area contributed by atoms with E-state index in [9.17, 15) is 18.0 Å². The van der Waals surface area contributed by atoms with Gasteiger partial charge in [-0.25, -0.2) is 13.2 Å². The third-order valence-electron chi connectivity index (χ3n) is 4.81. The molecule has 0 atom stereocenters. The molecule has 0 bridgehead atoms. The molecule has 1 aliphatic rings. The molecule has 0 aliphatic carbocycles. The van der Waals surface area contributed by atoms with E-state index in [1.807, 2.05) is 19.1 Å². The zero-order valence-electron chi connectivity index (χ0n) is 17.1. The van der Waals surface area contributed by atoms with E-state index in [1.165, 1.54) is 22.5 Å². The smallest absolute Gasteiger partial charge is 0.319 e. The molecule has 3 rings (SSSR count). The molecule has 1 fully saturated rings. The van der Waals surface area contributed by atoms with Gasteiger partial charge < -0.3 is 15.4 Å². The van der Waals surface area contributed by atoms with Crippen molar-refractivity contribution >= 4 is 39.1 Å². The van der Waals surface area contributed by atoms with Crippen molar-refractivity contribution in [1.82, 2.24) is 9.62 Å². The molecule has 2 aromatic carbocycles. The Morgan fingerprint density at radius 3 is 2.45 bits per heavy atom. The highest BCUT2D eigenvalue weighted by Gasteiger charge is 2.27. The van der Waals surface area contributed by atoms with E-state index >= 15 is 0 Å². The quantitative estimate of drug-likeness (QED) is 0.611. The van der Waals surface area contributed by atoms with Crippen LogP contribution in [0.2, 0.25) is 5.02 Å². The molecule has 2 N–H and O–H groups in total. The summed E-state index contributed by atoms with van der Waals surface area (Å²) in [5.74, 6) is -0.0862. The molecule has 0 spiro atoms. The van der Waals surface area contributed by atoms with E-state index in [4.69, 9.17) is 16.3 Å². The van der Waals surface area contributed by atoms with Crippen LogP contribution in [0, 0.1) is 6.92 Å². The maximum Gasteiger partial charge on any atom is 0.319 e. The van der Waals surface area contributed by atoms with Gasteiger partial charge in [0.1, 0.15) is 0 Å². The first kappa shape index (κ1) is 23.2. The Bertz CT molecular complexity index is 1050. The predicted octanol–water partition coefficient (Wildman–Crippen LogP) is 3.06. The lowest BCUT2D eigenvalue weighted by atomic mass is 10.1. The number of hydrogen-bond acceptors (Lipinski definition) is 5. The Hall–Kier alpha value is -2.46. The summed E-state index contributed by atoms with van der Waals surface area (Å²) in [4.78, 5) is 24.4. The molecular weight excluding hydrogens is 442 g/mol. The van der Waals surface area contributed by atoms with Crippen molar-refractivity contribution in [1.29, 1.82) is 0 Å². The molecule has 0 unspecified atom stereocenters. The standard InChI is InChI=1S/C21H24ClN3O5S/c1-15-2-4-16(5-3-15)20(26)8-9-23-21(27)24-19-14-17(6-7-18(19)22)31(28,29)25-10-12-30-13-11-25/h2-7,14H,8-13H2,1H3,(H2,23,24,27). The van der Waals surface area contributed by atoms with Gasteiger partial charge in [-0.05, 0) is 25.1 Å². The normalized spacial score (nSPS) is 14.8. The Kier molecular flexibility index (Phi) is 7.66. The number of nitrogens with one attached hydrogen (secondary N) is 2. The highest BCUT2D eigenvalue weighted by molar-refractivity contribution is 7.89. The monoisotopic (exact) mass is 465 g/mol. The second-order valence-electron chi connectivity index (χ2n) is 7.08. The zero-order valence-corrected chi connectivity index (χ0v) is 18.6. The molecule has 166 valence electrons. The highest BCUT2D eigenvalue weighted by atomic mass is 35.5. The number of halogens is 1. The number of morpholine rings is 1. The molecule has 1 saturated heterocycles. The Labute approximate surface area is 186 Å². The van der Waals surface area contributed by atoms with E-state index in [0.29, 0.717) is 18.8 Å². The largest absolute Gasteiger partial charge is 0.379 e. The van der Waals surface area contributed by atoms with Gasteiger partial charge >= 0.3 is 6.03 Å². The SMILES string of the molecule is Cc1ccc(C(=O)CCNC(=O)Nc2cc(S(=O)(=O)N3CCOCC3)ccc2Cl)cc1. The first-order chi connectivity index (χ1) is 14.8. The van der Waals surface area contributed by atoms with Crippen LogP contribution in [0.15, 0.2) is 47.4 Å². The zero-order chi connectivity index (χ0) is 22.4. The third kappa shape index (κ3) is 6.04. The number of aryl methyl sites for hydroxylation is 1. The van der Waals surface area contributed by atoms with Crippen molar-refractivity contribution in [2.24, 2.45) is 0 Å². The van der Waals surface area contributed by atoms with Crippen LogP contribution in [-0.4, -0.2) is 57.4 Å². The number of carbonyl (C=O) groups is 2. The maximum absolute atomic E-state index is 12.8. The summed E-state index contributed by atoms with van der Waals surface area (Å²) in [6.07, 6.45) is 0.135. The molecule has 2 amide bonds. The summed E-state index contributed by atoms with van der Waals surface area (Å²) < 4.78 is 32.1. The lowest BCUT2D eigenvalue weighted by Gasteiger charge is -2.26. The summed E-state index contributed by atoms with van der Waals surface area (Å²) >= 11 is 6.13. The number of carbonyl (C=O) groups excluding carboxylic acids is 2. The molecular formula is C21H24ClN3O5S. The van der Waals surface area contributed by atoms with Crippen LogP contribution in [0.25, 0.3) is 0 Å². The number of ketones is 1. The third-order valence-corrected chi connectivity index (χ3v) is 7.03. The fourth-order valence-electron chi connectivity index (χ4n) is 3.04. The fraction of sp³-hybridized carbons (Fsp3) is 0.333. The minimum Gasteiger partial charge on any atom is -0.379 e. The second-order valence-corrected chi connectivity index (χ2v) is 9.42. The van der Waals surface area contributed by atoms with Crippen LogP contribution in [0.5, 0.6) is 0 Å². The second kappa shape index (κ2) is 10.2. The molecule has 0 aromatic heterocycles. The first-order valence-corrected chi connectivity index (χ1v) is 11.6. The molecule has 0 saturated carbocycles. The molecule has 31 heavy (non-hydrogen) atoms. The number of amides is 2. The van der Waals surface area contributed by atoms with Gasteiger partial charge in [-0.3, -0.25) is 4.79 Å². The van der Waals surface area contributed by atoms with Crippen molar-refractivity contribution in [2.45, 2.75) is 18.2 Å². The average molecular weight is 466 g/mol. The highest BCUT2D eigenvalue weighted by Crippen LogP contribution is 2.27. The molecule has 8 nitrogen and oxygen atoms in total. The minimum atomic E-state index is -3.72. The Balaban J connectivity index is 1.58. The number of ether oxygens (including phenoxy) is 1. The molecule has 2 aromatic rings. The van der Waals surface area contributed by atoms with Gasteiger partial charge in [-0.1, -0.05) is 41.4 Å². The number of nitrogens with zero attached hydrogens (tertiary/aromatic N) is 1. The fourth-order valence-corrected chi connectivity index (χ4v) is 4.64. The van der Waals surface area contributed by atoms with E-state index < -0.39 is 16.1 Å². The molecule has 0 radical (unpaired) electrons. The molecule has 1 aliphatic heterocycles. The van der Waals surface area contributed by atoms with Gasteiger partial charge in [0.25, 0.3) is 0 Å². The van der Waals surface area contributed by atoms with Gasteiger partial charge in [0.2, 0.25) is 10.0 Å². The van der Waals surface area contributed by atoms with Crippen molar-refractivity contribution in [3.05, 3.63) is 58.6 Å². The number of hydrogen-bond donors (Lipinski definition) is 2. The van der Waals surface area contributed by atoms with Crippen LogP contribution in [0.4, 0.5) is 10.5 Å². The number of sulfonamides is 1. The van der Waals surface area contributed by atoms with Crippen LogP contribution >= 0.6 is 11.6 Å². The van der Waals surface area contributed by atoms with Gasteiger partial charge in [-0.15, -0.1) is 0 Å². The van der Waals surface area contributed by atoms with Crippen molar-refractivity contribution in [2.75, 3.05) is 38.2 Å². The number of rotatable bonds is 7. The topological polar surface area (TPSA) is 105 Å². The summed E-state index contributed by atoms with van der Waals surface area (Å²) in [5.41, 5.74) is 1.80. The summed E-state index contributed by atoms with van der Waals surface area (Å²) in [5, 5.41) is 5.33. The Morgan fingerprint density at radius 2 is 1.77 bits per heavy atom. The lowest BCUT2D eigenvalue weighted by molar-refractivity contribution is 0.0730. The summed E-state index contributed by atoms with van der Waals surface area (Å²) in [7, 11) is -3.72. The van der Waals surface area contributed by atoms with Gasteiger partial charge in [0.15, 0.2) is 5.78 Å². The van der Waals surface area contributed by atoms with Crippen LogP contribution < -0.4 is 10.6 Å². The molecule has 10 heteroatoms. The Morgan fingerprint density at radius 1 is 1.10 bits per heavy atom. The lowest BCUT2D eigenvalue weighted by Crippen LogP contribution is -2.40. The van der Waals surface area contributed by atoms with E-state index in [-0.39, 0.29) is 47.4 Å². The summed E-state index contributed by atoms with van der Waals surface area (Å²) in [6.45, 7) is 3.27. The van der Waals surface area contributed by atoms with Crippen molar-refractivity contribution < 1.29 is 22.7 Å². The van der Waals surface area contributed by atoms with Crippen LogP contribution in [-0.2, 0) is 14.8 Å². The van der Waals surface area contributed by atoms with Crippen LogP contribution in [0.1, 0.15) is 22.3 Å². The van der Waals surface area contributed by atoms with Gasteiger partial charge in [-0.2, -0.15) is 4.31 Å². The van der Waals surface area contributed by atoms with E-state index in [0.717, 1.165) is 5.56 Å². The average Bonchev–Trinajstić information content (AvgIpc) is 2.76. The maximum atomic E-state index is 12.8. The predicted molar refractivity (Wildman–Crippen MR) is 118 cm³/mol. The van der Waals surface area contributed by atoms with Gasteiger partial charge in [0, 0.05) is 31.6 Å². The van der Waals surface area contributed by atoms with Crippen LogP contribution in [0.3, 0.4) is 0 Å². The molecule has 1 heterocycles. The number of anilines is 1. The van der Waals surface area contributed by atoms with Crippen molar-refractivity contribution in [3.63, 3.8) is 0 Å². The summed E-state index contributed by atoms with van der Waals surface area (Å²) in [6, 6.07) is 10.8. The van der Waals surface area contributed by atoms with Gasteiger partial charge in [0.05, 0.1) is 28.8 Å².